The van der Waals surface area contributed by atoms with Gasteiger partial charge in [0.05, 0.1) is 12.5 Å². The van der Waals surface area contributed by atoms with Crippen molar-refractivity contribution in [2.75, 3.05) is 6.61 Å². The number of hydrogen-bond acceptors (Lipinski definition) is 2. The van der Waals surface area contributed by atoms with E-state index < -0.39 is 0 Å². The van der Waals surface area contributed by atoms with Gasteiger partial charge < -0.3 is 4.74 Å². The maximum Gasteiger partial charge on any atom is 0.147 e. The van der Waals surface area contributed by atoms with E-state index in [1.165, 1.54) is 0 Å². The summed E-state index contributed by atoms with van der Waals surface area (Å²) in [6.07, 6.45) is 7.26. The predicted molar refractivity (Wildman–Crippen MR) is 40.9 cm³/mol. The topological polar surface area (TPSA) is 26.3 Å². The quantitative estimate of drug-likeness (QED) is 0.522. The van der Waals surface area contributed by atoms with E-state index in [9.17, 15) is 4.79 Å². The van der Waals surface area contributed by atoms with E-state index in [2.05, 4.69) is 0 Å². The second-order valence-corrected chi connectivity index (χ2v) is 2.85. The molecule has 0 amide bonds. The van der Waals surface area contributed by atoms with Gasteiger partial charge in [-0.15, -0.1) is 0 Å². The number of carbonyl (C=O) groups excluding carboxylic acids is 1. The molecule has 1 saturated heterocycles. The number of fused-ring (bicyclic) bond motifs is 1. The third kappa shape index (κ3) is 1.09. The summed E-state index contributed by atoms with van der Waals surface area (Å²) >= 11 is 0. The lowest BCUT2D eigenvalue weighted by molar-refractivity contribution is -0.126. The molecule has 1 fully saturated rings. The molecule has 1 aliphatic carbocycles. The van der Waals surface area contributed by atoms with Crippen LogP contribution in [0.2, 0.25) is 0 Å². The average molecular weight is 150 g/mol. The number of rotatable bonds is 0. The Labute approximate surface area is 65.5 Å². The fraction of sp³-hybridized carbons (Fsp3) is 0.444. The van der Waals surface area contributed by atoms with Crippen LogP contribution in [0.25, 0.3) is 0 Å². The third-order valence-corrected chi connectivity index (χ3v) is 2.12. The maximum absolute atomic E-state index is 11.3. The molecule has 2 nitrogen and oxygen atoms in total. The number of carbonyl (C=O) groups is 1. The normalized spacial score (nSPS) is 28.9. The van der Waals surface area contributed by atoms with Gasteiger partial charge in [0.25, 0.3) is 0 Å². The van der Waals surface area contributed by atoms with Gasteiger partial charge in [0.15, 0.2) is 0 Å². The maximum atomic E-state index is 11.3. The highest BCUT2D eigenvalue weighted by Gasteiger charge is 2.27. The van der Waals surface area contributed by atoms with Gasteiger partial charge in [0, 0.05) is 6.42 Å². The fourth-order valence-electron chi connectivity index (χ4n) is 1.49. The van der Waals surface area contributed by atoms with Gasteiger partial charge in [-0.1, -0.05) is 12.2 Å². The SMILES string of the molecule is O=C1CCOC2=CC=CCC12. The Morgan fingerprint density at radius 1 is 1.55 bits per heavy atom. The molecule has 2 rings (SSSR count). The van der Waals surface area contributed by atoms with E-state index in [4.69, 9.17) is 4.74 Å². The summed E-state index contributed by atoms with van der Waals surface area (Å²) in [5.74, 6) is 1.23. The van der Waals surface area contributed by atoms with Crippen molar-refractivity contribution in [2.45, 2.75) is 12.8 Å². The molecule has 0 radical (unpaired) electrons. The Hall–Kier alpha value is -1.05. The van der Waals surface area contributed by atoms with Crippen molar-refractivity contribution in [1.29, 1.82) is 0 Å². The molecule has 0 bridgehead atoms. The molecule has 0 aromatic carbocycles. The van der Waals surface area contributed by atoms with Gasteiger partial charge in [-0.25, -0.2) is 0 Å². The number of Topliss-reactive ketones (excluding diaryl/α,β-unsaturated/α-hetero) is 1. The van der Waals surface area contributed by atoms with Gasteiger partial charge in [0.2, 0.25) is 0 Å². The summed E-state index contributed by atoms with van der Waals surface area (Å²) in [5.41, 5.74) is 0. The summed E-state index contributed by atoms with van der Waals surface area (Å²) < 4.78 is 5.34. The Bertz CT molecular complexity index is 238. The number of allylic oxidation sites excluding steroid dienone is 4. The zero-order valence-corrected chi connectivity index (χ0v) is 6.25. The predicted octanol–water partition coefficient (Wildman–Crippen LogP) is 1.44. The first-order valence-electron chi connectivity index (χ1n) is 3.90. The molecular formula is C9H10O2. The minimum atomic E-state index is 0.0359. The Morgan fingerprint density at radius 2 is 2.45 bits per heavy atom. The van der Waals surface area contributed by atoms with Crippen LogP contribution in [0.15, 0.2) is 24.0 Å². The van der Waals surface area contributed by atoms with Gasteiger partial charge in [-0.3, -0.25) is 4.79 Å². The molecule has 0 spiro atoms. The van der Waals surface area contributed by atoms with Crippen LogP contribution in [-0.2, 0) is 9.53 Å². The van der Waals surface area contributed by atoms with Crippen LogP contribution in [0.1, 0.15) is 12.8 Å². The molecule has 1 unspecified atom stereocenters. The van der Waals surface area contributed by atoms with Gasteiger partial charge >= 0.3 is 0 Å². The number of hydrogen-bond donors (Lipinski definition) is 0. The average Bonchev–Trinajstić information content (AvgIpc) is 2.06. The zero-order valence-electron chi connectivity index (χ0n) is 6.25. The lowest BCUT2D eigenvalue weighted by Crippen LogP contribution is -2.26. The summed E-state index contributed by atoms with van der Waals surface area (Å²) in [5, 5.41) is 0. The molecule has 0 N–H and O–H groups in total. The first-order chi connectivity index (χ1) is 5.38. The van der Waals surface area contributed by atoms with Crippen LogP contribution in [0, 0.1) is 5.92 Å². The molecule has 0 saturated carbocycles. The Balaban J connectivity index is 2.24. The second kappa shape index (κ2) is 2.53. The summed E-state index contributed by atoms with van der Waals surface area (Å²) in [7, 11) is 0. The number of ether oxygens (including phenoxy) is 1. The van der Waals surface area contributed by atoms with Crippen LogP contribution in [0.5, 0.6) is 0 Å². The lowest BCUT2D eigenvalue weighted by atomic mass is 9.91. The molecule has 1 atom stereocenters. The molecule has 11 heavy (non-hydrogen) atoms. The zero-order chi connectivity index (χ0) is 7.68. The highest BCUT2D eigenvalue weighted by Crippen LogP contribution is 2.27. The van der Waals surface area contributed by atoms with Gasteiger partial charge in [-0.2, -0.15) is 0 Å². The van der Waals surface area contributed by atoms with Crippen LogP contribution in [-0.4, -0.2) is 12.4 Å². The van der Waals surface area contributed by atoms with E-state index in [-0.39, 0.29) is 5.92 Å². The Morgan fingerprint density at radius 3 is 3.27 bits per heavy atom. The summed E-state index contributed by atoms with van der Waals surface area (Å²) in [4.78, 5) is 11.3. The third-order valence-electron chi connectivity index (χ3n) is 2.12. The molecule has 0 aromatic rings. The van der Waals surface area contributed by atoms with Gasteiger partial charge in [0.1, 0.15) is 11.5 Å². The molecule has 1 aliphatic heterocycles. The van der Waals surface area contributed by atoms with E-state index in [0.717, 1.165) is 12.2 Å². The standard InChI is InChI=1S/C9H10O2/c10-8-5-6-11-9-4-2-1-3-7(8)9/h1-2,4,7H,3,5-6H2. The van der Waals surface area contributed by atoms with E-state index in [1.54, 1.807) is 0 Å². The van der Waals surface area contributed by atoms with Crippen molar-refractivity contribution in [1.82, 2.24) is 0 Å². The van der Waals surface area contributed by atoms with Gasteiger partial charge in [-0.05, 0) is 12.5 Å². The molecular weight excluding hydrogens is 140 g/mol. The van der Waals surface area contributed by atoms with Crippen LogP contribution in [0.4, 0.5) is 0 Å². The minimum absolute atomic E-state index is 0.0359. The lowest BCUT2D eigenvalue weighted by Gasteiger charge is -2.25. The van der Waals surface area contributed by atoms with Crippen molar-refractivity contribution in [3.05, 3.63) is 24.0 Å². The van der Waals surface area contributed by atoms with Crippen molar-refractivity contribution in [3.63, 3.8) is 0 Å². The molecule has 2 aliphatic rings. The van der Waals surface area contributed by atoms with Crippen molar-refractivity contribution in [2.24, 2.45) is 5.92 Å². The first kappa shape index (κ1) is 6.65. The highest BCUT2D eigenvalue weighted by atomic mass is 16.5. The molecule has 0 aromatic heterocycles. The van der Waals surface area contributed by atoms with Crippen LogP contribution < -0.4 is 0 Å². The van der Waals surface area contributed by atoms with E-state index in [1.807, 2.05) is 18.2 Å². The highest BCUT2D eigenvalue weighted by molar-refractivity contribution is 5.84. The smallest absolute Gasteiger partial charge is 0.147 e. The van der Waals surface area contributed by atoms with E-state index in [0.29, 0.717) is 18.8 Å². The second-order valence-electron chi connectivity index (χ2n) is 2.85. The number of ketones is 1. The molecule has 58 valence electrons. The summed E-state index contributed by atoms with van der Waals surface area (Å²) in [6, 6.07) is 0. The van der Waals surface area contributed by atoms with Crippen LogP contribution in [0.3, 0.4) is 0 Å². The first-order valence-corrected chi connectivity index (χ1v) is 3.90. The molecule has 1 heterocycles. The summed E-state index contributed by atoms with van der Waals surface area (Å²) in [6.45, 7) is 0.564. The van der Waals surface area contributed by atoms with Crippen molar-refractivity contribution < 1.29 is 9.53 Å². The van der Waals surface area contributed by atoms with Crippen molar-refractivity contribution >= 4 is 5.78 Å². The van der Waals surface area contributed by atoms with E-state index >= 15 is 0 Å². The largest absolute Gasteiger partial charge is 0.497 e. The Kier molecular flexibility index (Phi) is 1.53. The van der Waals surface area contributed by atoms with Crippen LogP contribution >= 0.6 is 0 Å². The molecule has 2 heteroatoms. The fourth-order valence-corrected chi connectivity index (χ4v) is 1.49. The minimum Gasteiger partial charge on any atom is -0.497 e. The monoisotopic (exact) mass is 150 g/mol. The van der Waals surface area contributed by atoms with Crippen molar-refractivity contribution in [3.8, 4) is 0 Å².